The molecule has 0 rings (SSSR count). The van der Waals surface area contributed by atoms with E-state index in [-0.39, 0.29) is 5.92 Å². The lowest BCUT2D eigenvalue weighted by Crippen LogP contribution is -2.39. The molecule has 0 saturated carbocycles. The van der Waals surface area contributed by atoms with Gasteiger partial charge < -0.3 is 9.84 Å². The predicted octanol–water partition coefficient (Wildman–Crippen LogP) is 1.65. The van der Waals surface area contributed by atoms with Crippen LogP contribution in [0.2, 0.25) is 0 Å². The highest BCUT2D eigenvalue weighted by atomic mass is 16.5. The second kappa shape index (κ2) is 7.38. The normalized spacial score (nSPS) is 14.2. The van der Waals surface area contributed by atoms with Crippen molar-refractivity contribution >= 4 is 6.09 Å². The van der Waals surface area contributed by atoms with Gasteiger partial charge in [-0.3, -0.25) is 5.32 Å². The zero-order valence-corrected chi connectivity index (χ0v) is 8.82. The van der Waals surface area contributed by atoms with E-state index in [0.717, 1.165) is 12.8 Å². The summed E-state index contributed by atoms with van der Waals surface area (Å²) >= 11 is 0. The number of hydrogen-bond acceptors (Lipinski definition) is 3. The van der Waals surface area contributed by atoms with E-state index >= 15 is 0 Å². The van der Waals surface area contributed by atoms with Gasteiger partial charge in [-0.2, -0.15) is 0 Å². The minimum Gasteiger partial charge on any atom is -0.450 e. The third-order valence-corrected chi connectivity index (χ3v) is 1.87. The first kappa shape index (κ1) is 13.0. The third kappa shape index (κ3) is 5.59. The van der Waals surface area contributed by atoms with Crippen LogP contribution in [0.3, 0.4) is 0 Å². The molecule has 0 aliphatic heterocycles. The number of unbranched alkanes of at least 4 members (excludes halogenated alkanes) is 1. The summed E-state index contributed by atoms with van der Waals surface area (Å²) in [5.74, 6) is -0.186. The first-order valence-electron chi connectivity index (χ1n) is 4.85. The number of alkyl carbamates (subject to hydrolysis) is 1. The summed E-state index contributed by atoms with van der Waals surface area (Å²) in [4.78, 5) is 11.0. The molecule has 82 valence electrons. The number of rotatable bonds is 6. The van der Waals surface area contributed by atoms with Crippen LogP contribution < -0.4 is 5.32 Å². The van der Waals surface area contributed by atoms with Crippen LogP contribution in [-0.4, -0.2) is 24.0 Å². The van der Waals surface area contributed by atoms with Crippen molar-refractivity contribution in [2.24, 2.45) is 5.92 Å². The molecule has 0 aliphatic carbocycles. The Morgan fingerprint density at radius 2 is 2.36 bits per heavy atom. The van der Waals surface area contributed by atoms with Gasteiger partial charge in [-0.25, -0.2) is 4.79 Å². The standard InChI is InChI=1S/C10H19NO3/c1-4-6-7-14-10(13)11-9(12)8(3)5-2/h5,8-9,12H,2,4,6-7H2,1,3H3,(H,11,13). The Labute approximate surface area is 85.0 Å². The molecule has 4 nitrogen and oxygen atoms in total. The molecule has 0 aromatic heterocycles. The van der Waals surface area contributed by atoms with E-state index in [0.29, 0.717) is 6.61 Å². The Hall–Kier alpha value is -1.03. The van der Waals surface area contributed by atoms with Crippen LogP contribution >= 0.6 is 0 Å². The molecule has 2 N–H and O–H groups in total. The highest BCUT2D eigenvalue weighted by Crippen LogP contribution is 2.00. The zero-order valence-electron chi connectivity index (χ0n) is 8.82. The smallest absolute Gasteiger partial charge is 0.409 e. The Morgan fingerprint density at radius 1 is 1.71 bits per heavy atom. The van der Waals surface area contributed by atoms with E-state index < -0.39 is 12.3 Å². The highest BCUT2D eigenvalue weighted by Gasteiger charge is 2.13. The van der Waals surface area contributed by atoms with Crippen molar-refractivity contribution < 1.29 is 14.6 Å². The van der Waals surface area contributed by atoms with Gasteiger partial charge in [-0.1, -0.05) is 26.3 Å². The molecule has 0 aliphatic rings. The fraction of sp³-hybridized carbons (Fsp3) is 0.700. The number of aliphatic hydroxyl groups excluding tert-OH is 1. The summed E-state index contributed by atoms with van der Waals surface area (Å²) in [6, 6.07) is 0. The summed E-state index contributed by atoms with van der Waals surface area (Å²) in [7, 11) is 0. The van der Waals surface area contributed by atoms with Gasteiger partial charge in [0, 0.05) is 5.92 Å². The van der Waals surface area contributed by atoms with Crippen molar-refractivity contribution in [2.45, 2.75) is 32.9 Å². The number of carbonyl (C=O) groups excluding carboxylic acids is 1. The summed E-state index contributed by atoms with van der Waals surface area (Å²) < 4.78 is 4.80. The predicted molar refractivity (Wildman–Crippen MR) is 54.8 cm³/mol. The molecule has 0 aromatic carbocycles. The average molecular weight is 201 g/mol. The maximum absolute atomic E-state index is 11.0. The van der Waals surface area contributed by atoms with E-state index in [9.17, 15) is 9.90 Å². The average Bonchev–Trinajstić information content (AvgIpc) is 2.16. The van der Waals surface area contributed by atoms with Crippen LogP contribution in [0.1, 0.15) is 26.7 Å². The Kier molecular flexibility index (Phi) is 6.84. The maximum Gasteiger partial charge on any atom is 0.409 e. The quantitative estimate of drug-likeness (QED) is 0.390. The molecule has 1 amide bonds. The van der Waals surface area contributed by atoms with Crippen molar-refractivity contribution in [1.82, 2.24) is 5.32 Å². The monoisotopic (exact) mass is 201 g/mol. The Balaban J connectivity index is 3.65. The fourth-order valence-electron chi connectivity index (χ4n) is 0.732. The lowest BCUT2D eigenvalue weighted by atomic mass is 10.1. The molecule has 14 heavy (non-hydrogen) atoms. The van der Waals surface area contributed by atoms with Crippen molar-refractivity contribution in [2.75, 3.05) is 6.61 Å². The van der Waals surface area contributed by atoms with Crippen LogP contribution in [-0.2, 0) is 4.74 Å². The number of carbonyl (C=O) groups is 1. The first-order valence-corrected chi connectivity index (χ1v) is 4.85. The van der Waals surface area contributed by atoms with Crippen LogP contribution in [0, 0.1) is 5.92 Å². The van der Waals surface area contributed by atoms with Crippen molar-refractivity contribution in [3.8, 4) is 0 Å². The van der Waals surface area contributed by atoms with Crippen LogP contribution in [0.25, 0.3) is 0 Å². The van der Waals surface area contributed by atoms with Crippen molar-refractivity contribution in [3.05, 3.63) is 12.7 Å². The van der Waals surface area contributed by atoms with Crippen LogP contribution in [0.4, 0.5) is 4.79 Å². The van der Waals surface area contributed by atoms with Crippen LogP contribution in [0.5, 0.6) is 0 Å². The summed E-state index contributed by atoms with van der Waals surface area (Å²) in [6.07, 6.45) is 1.86. The van der Waals surface area contributed by atoms with Gasteiger partial charge >= 0.3 is 6.09 Å². The highest BCUT2D eigenvalue weighted by molar-refractivity contribution is 5.67. The van der Waals surface area contributed by atoms with E-state index in [1.807, 2.05) is 6.92 Å². The summed E-state index contributed by atoms with van der Waals surface area (Å²) in [6.45, 7) is 7.66. The fourth-order valence-corrected chi connectivity index (χ4v) is 0.732. The minimum atomic E-state index is -0.929. The summed E-state index contributed by atoms with van der Waals surface area (Å²) in [5.41, 5.74) is 0. The molecule has 0 aromatic rings. The summed E-state index contributed by atoms with van der Waals surface area (Å²) in [5, 5.41) is 11.7. The molecule has 0 radical (unpaired) electrons. The molecule has 0 heterocycles. The molecular formula is C10H19NO3. The molecule has 2 unspecified atom stereocenters. The SMILES string of the molecule is C=CC(C)C(O)NC(=O)OCCCC. The Bertz CT molecular complexity index is 182. The van der Waals surface area contributed by atoms with Gasteiger partial charge in [0.15, 0.2) is 0 Å². The van der Waals surface area contributed by atoms with E-state index in [2.05, 4.69) is 11.9 Å². The number of amides is 1. The molecule has 0 spiro atoms. The van der Waals surface area contributed by atoms with Crippen LogP contribution in [0.15, 0.2) is 12.7 Å². The molecule has 2 atom stereocenters. The third-order valence-electron chi connectivity index (χ3n) is 1.87. The van der Waals surface area contributed by atoms with E-state index in [1.165, 1.54) is 0 Å². The van der Waals surface area contributed by atoms with Gasteiger partial charge in [0.05, 0.1) is 6.61 Å². The van der Waals surface area contributed by atoms with Gasteiger partial charge in [-0.15, -0.1) is 6.58 Å². The first-order chi connectivity index (χ1) is 6.61. The lowest BCUT2D eigenvalue weighted by molar-refractivity contribution is 0.0791. The second-order valence-electron chi connectivity index (χ2n) is 3.17. The zero-order chi connectivity index (χ0) is 11.0. The largest absolute Gasteiger partial charge is 0.450 e. The van der Waals surface area contributed by atoms with E-state index in [1.54, 1.807) is 13.0 Å². The van der Waals surface area contributed by atoms with Gasteiger partial charge in [-0.05, 0) is 6.42 Å². The van der Waals surface area contributed by atoms with E-state index in [4.69, 9.17) is 4.74 Å². The molecule has 0 bridgehead atoms. The molecular weight excluding hydrogens is 182 g/mol. The number of aliphatic hydroxyl groups is 1. The molecule has 0 fully saturated rings. The van der Waals surface area contributed by atoms with Crippen molar-refractivity contribution in [3.63, 3.8) is 0 Å². The molecule has 4 heteroatoms. The number of ether oxygens (including phenoxy) is 1. The van der Waals surface area contributed by atoms with Gasteiger partial charge in [0.2, 0.25) is 0 Å². The minimum absolute atomic E-state index is 0.186. The molecule has 0 saturated heterocycles. The number of hydrogen-bond donors (Lipinski definition) is 2. The number of nitrogens with one attached hydrogen (secondary N) is 1. The lowest BCUT2D eigenvalue weighted by Gasteiger charge is -2.16. The Morgan fingerprint density at radius 3 is 2.86 bits per heavy atom. The van der Waals surface area contributed by atoms with Gasteiger partial charge in [0.1, 0.15) is 6.23 Å². The van der Waals surface area contributed by atoms with Crippen molar-refractivity contribution in [1.29, 1.82) is 0 Å². The second-order valence-corrected chi connectivity index (χ2v) is 3.17. The topological polar surface area (TPSA) is 58.6 Å². The maximum atomic E-state index is 11.0. The van der Waals surface area contributed by atoms with Gasteiger partial charge in [0.25, 0.3) is 0 Å².